The van der Waals surface area contributed by atoms with E-state index in [0.29, 0.717) is 33.2 Å². The average molecular weight is 487 g/mol. The van der Waals surface area contributed by atoms with Gasteiger partial charge < -0.3 is 9.47 Å². The number of nitriles is 1. The van der Waals surface area contributed by atoms with E-state index in [-0.39, 0.29) is 17.7 Å². The van der Waals surface area contributed by atoms with Crippen LogP contribution in [0.25, 0.3) is 11.6 Å². The summed E-state index contributed by atoms with van der Waals surface area (Å²) in [6.07, 6.45) is 1.61. The van der Waals surface area contributed by atoms with Crippen molar-refractivity contribution in [2.24, 2.45) is 0 Å². The highest BCUT2D eigenvalue weighted by atomic mass is 79.9. The van der Waals surface area contributed by atoms with Gasteiger partial charge in [-0.2, -0.15) is 5.26 Å². The van der Waals surface area contributed by atoms with Crippen molar-refractivity contribution in [3.8, 4) is 17.6 Å². The molecule has 0 aliphatic heterocycles. The zero-order valence-electron chi connectivity index (χ0n) is 16.2. The lowest BCUT2D eigenvalue weighted by Gasteiger charge is -2.15. The van der Waals surface area contributed by atoms with Gasteiger partial charge in [0.15, 0.2) is 11.5 Å². The van der Waals surface area contributed by atoms with E-state index in [1.807, 2.05) is 25.1 Å². The molecule has 0 spiro atoms. The molecule has 0 aromatic heterocycles. The molecule has 0 unspecified atom stereocenters. The first kappa shape index (κ1) is 21.9. The third-order valence-electron chi connectivity index (χ3n) is 4.29. The maximum absolute atomic E-state index is 14.1. The van der Waals surface area contributed by atoms with Gasteiger partial charge in [0.1, 0.15) is 12.4 Å². The van der Waals surface area contributed by atoms with Crippen LogP contribution in [0.2, 0.25) is 5.02 Å². The van der Waals surface area contributed by atoms with Crippen molar-refractivity contribution in [2.75, 3.05) is 6.61 Å². The van der Waals surface area contributed by atoms with E-state index in [4.69, 9.17) is 21.1 Å². The standard InChI is InChI=1S/C24H18BrClFNO2/c1-2-29-23-12-17(11-18(14-28)19-8-4-6-10-22(19)27)20(25)13-24(23)30-15-16-7-3-5-9-21(16)26/h3-13H,2,15H2,1H3/b18-11-. The number of benzene rings is 3. The van der Waals surface area contributed by atoms with Crippen LogP contribution >= 0.6 is 27.5 Å². The minimum absolute atomic E-state index is 0.209. The molecule has 0 aliphatic rings. The Balaban J connectivity index is 1.95. The van der Waals surface area contributed by atoms with E-state index in [9.17, 15) is 9.65 Å². The van der Waals surface area contributed by atoms with Crippen LogP contribution in [-0.2, 0) is 6.61 Å². The first-order valence-corrected chi connectivity index (χ1v) is 10.4. The van der Waals surface area contributed by atoms with Crippen LogP contribution in [0.4, 0.5) is 4.39 Å². The number of nitrogens with zero attached hydrogens (tertiary/aromatic N) is 1. The molecule has 0 N–H and O–H groups in total. The molecule has 3 aromatic rings. The van der Waals surface area contributed by atoms with Crippen molar-refractivity contribution in [3.63, 3.8) is 0 Å². The van der Waals surface area contributed by atoms with Crippen LogP contribution in [0, 0.1) is 17.1 Å². The fourth-order valence-corrected chi connectivity index (χ4v) is 3.45. The van der Waals surface area contributed by atoms with Crippen molar-refractivity contribution in [3.05, 3.63) is 92.7 Å². The molecule has 0 heterocycles. The van der Waals surface area contributed by atoms with Crippen LogP contribution in [0.15, 0.2) is 65.1 Å². The van der Waals surface area contributed by atoms with E-state index < -0.39 is 5.82 Å². The molecule has 6 heteroatoms. The third-order valence-corrected chi connectivity index (χ3v) is 5.34. The van der Waals surface area contributed by atoms with E-state index in [2.05, 4.69) is 22.0 Å². The fourth-order valence-electron chi connectivity index (χ4n) is 2.82. The van der Waals surface area contributed by atoms with E-state index in [0.717, 1.165) is 5.56 Å². The second-order valence-electron chi connectivity index (χ2n) is 6.28. The number of ether oxygens (including phenoxy) is 2. The lowest BCUT2D eigenvalue weighted by molar-refractivity contribution is 0.269. The number of halogens is 3. The molecule has 3 aromatic carbocycles. The minimum Gasteiger partial charge on any atom is -0.490 e. The van der Waals surface area contributed by atoms with Gasteiger partial charge >= 0.3 is 0 Å². The Kier molecular flexibility index (Phi) is 7.51. The summed E-state index contributed by atoms with van der Waals surface area (Å²) in [6.45, 7) is 2.58. The van der Waals surface area contributed by atoms with Crippen LogP contribution in [0.5, 0.6) is 11.5 Å². The zero-order valence-corrected chi connectivity index (χ0v) is 18.5. The van der Waals surface area contributed by atoms with Crippen LogP contribution in [0.3, 0.4) is 0 Å². The summed E-state index contributed by atoms with van der Waals surface area (Å²) in [4.78, 5) is 0. The zero-order chi connectivity index (χ0) is 21.5. The van der Waals surface area contributed by atoms with Gasteiger partial charge in [0, 0.05) is 20.6 Å². The van der Waals surface area contributed by atoms with Gasteiger partial charge in [-0.05, 0) is 42.8 Å². The van der Waals surface area contributed by atoms with Crippen molar-refractivity contribution in [1.82, 2.24) is 0 Å². The SMILES string of the molecule is CCOc1cc(/C=C(/C#N)c2ccccc2F)c(Br)cc1OCc1ccccc1Cl. The molecule has 0 radical (unpaired) electrons. The van der Waals surface area contributed by atoms with Crippen molar-refractivity contribution in [2.45, 2.75) is 13.5 Å². The van der Waals surface area contributed by atoms with Gasteiger partial charge in [0.2, 0.25) is 0 Å². The minimum atomic E-state index is -0.453. The second-order valence-corrected chi connectivity index (χ2v) is 7.54. The highest BCUT2D eigenvalue weighted by Gasteiger charge is 2.13. The van der Waals surface area contributed by atoms with E-state index >= 15 is 0 Å². The van der Waals surface area contributed by atoms with Crippen molar-refractivity contribution >= 4 is 39.2 Å². The summed E-state index contributed by atoms with van der Waals surface area (Å²) >= 11 is 9.72. The fraction of sp³-hybridized carbons (Fsp3) is 0.125. The summed E-state index contributed by atoms with van der Waals surface area (Å²) in [5.41, 5.74) is 1.97. The van der Waals surface area contributed by atoms with Crippen molar-refractivity contribution in [1.29, 1.82) is 5.26 Å². The Morgan fingerprint density at radius 1 is 1.10 bits per heavy atom. The molecule has 0 saturated heterocycles. The lowest BCUT2D eigenvalue weighted by Crippen LogP contribution is -2.01. The molecular formula is C24H18BrClFNO2. The molecule has 0 atom stereocenters. The molecule has 0 saturated carbocycles. The van der Waals surface area contributed by atoms with E-state index in [1.54, 1.807) is 42.5 Å². The summed E-state index contributed by atoms with van der Waals surface area (Å²) in [7, 11) is 0. The Bertz CT molecular complexity index is 1120. The molecule has 3 rings (SSSR count). The molecule has 3 nitrogen and oxygen atoms in total. The van der Waals surface area contributed by atoms with Crippen LogP contribution in [0.1, 0.15) is 23.6 Å². The van der Waals surface area contributed by atoms with Crippen LogP contribution in [-0.4, -0.2) is 6.61 Å². The van der Waals surface area contributed by atoms with Crippen molar-refractivity contribution < 1.29 is 13.9 Å². The molecule has 0 bridgehead atoms. The monoisotopic (exact) mass is 485 g/mol. The lowest BCUT2D eigenvalue weighted by atomic mass is 10.0. The number of allylic oxidation sites excluding steroid dienone is 1. The molecular weight excluding hydrogens is 469 g/mol. The van der Waals surface area contributed by atoms with Gasteiger partial charge in [-0.25, -0.2) is 4.39 Å². The van der Waals surface area contributed by atoms with Gasteiger partial charge in [-0.1, -0.05) is 63.9 Å². The number of hydrogen-bond donors (Lipinski definition) is 0. The Hall–Kier alpha value is -2.81. The molecule has 0 amide bonds. The normalized spacial score (nSPS) is 11.1. The smallest absolute Gasteiger partial charge is 0.162 e. The maximum Gasteiger partial charge on any atom is 0.162 e. The van der Waals surface area contributed by atoms with Gasteiger partial charge in [-0.3, -0.25) is 0 Å². The summed E-state index contributed by atoms with van der Waals surface area (Å²) < 4.78 is 26.5. The quantitative estimate of drug-likeness (QED) is 0.260. The molecule has 152 valence electrons. The summed E-state index contributed by atoms with van der Waals surface area (Å²) in [5, 5.41) is 10.2. The van der Waals surface area contributed by atoms with Gasteiger partial charge in [0.05, 0.1) is 18.2 Å². The Morgan fingerprint density at radius 3 is 2.50 bits per heavy atom. The number of rotatable bonds is 7. The van der Waals surface area contributed by atoms with E-state index in [1.165, 1.54) is 6.07 Å². The van der Waals surface area contributed by atoms with Gasteiger partial charge in [0.25, 0.3) is 0 Å². The predicted molar refractivity (Wildman–Crippen MR) is 121 cm³/mol. The second kappa shape index (κ2) is 10.3. The largest absolute Gasteiger partial charge is 0.490 e. The molecule has 0 fully saturated rings. The molecule has 0 aliphatic carbocycles. The Labute approximate surface area is 188 Å². The first-order valence-electron chi connectivity index (χ1n) is 9.22. The first-order chi connectivity index (χ1) is 14.5. The third kappa shape index (κ3) is 5.21. The predicted octanol–water partition coefficient (Wildman–Crippen LogP) is 7.28. The maximum atomic E-state index is 14.1. The number of hydrogen-bond acceptors (Lipinski definition) is 3. The average Bonchev–Trinajstić information content (AvgIpc) is 2.74. The summed E-state index contributed by atoms with van der Waals surface area (Å²) in [5.74, 6) is 0.598. The highest BCUT2D eigenvalue weighted by molar-refractivity contribution is 9.10. The Morgan fingerprint density at radius 2 is 1.80 bits per heavy atom. The van der Waals surface area contributed by atoms with Gasteiger partial charge in [-0.15, -0.1) is 0 Å². The highest BCUT2D eigenvalue weighted by Crippen LogP contribution is 2.36. The van der Waals surface area contributed by atoms with Crippen LogP contribution < -0.4 is 9.47 Å². The summed E-state index contributed by atoms with van der Waals surface area (Å²) in [6, 6.07) is 19.2. The topological polar surface area (TPSA) is 42.2 Å². The molecule has 30 heavy (non-hydrogen) atoms.